The number of carbonyl (C=O) groups excluding carboxylic acids is 1. The van der Waals surface area contributed by atoms with Crippen LogP contribution in [0.2, 0.25) is 0 Å². The Morgan fingerprint density at radius 2 is 1.81 bits per heavy atom. The van der Waals surface area contributed by atoms with Gasteiger partial charge in [0.25, 0.3) is 0 Å². The molecular formula is C13H25NO2. The summed E-state index contributed by atoms with van der Waals surface area (Å²) in [6, 6.07) is 0. The highest BCUT2D eigenvalue weighted by Crippen LogP contribution is 2.19. The predicted octanol–water partition coefficient (Wildman–Crippen LogP) is 2.31. The van der Waals surface area contributed by atoms with Crippen molar-refractivity contribution in [2.24, 2.45) is 11.8 Å². The van der Waals surface area contributed by atoms with Gasteiger partial charge in [-0.15, -0.1) is 0 Å². The van der Waals surface area contributed by atoms with E-state index in [1.165, 1.54) is 0 Å². The second-order valence-electron chi connectivity index (χ2n) is 5.45. The van der Waals surface area contributed by atoms with Crippen molar-refractivity contribution < 1.29 is 9.53 Å². The van der Waals surface area contributed by atoms with Crippen LogP contribution in [0.25, 0.3) is 0 Å². The van der Waals surface area contributed by atoms with Crippen LogP contribution in [0.4, 0.5) is 0 Å². The van der Waals surface area contributed by atoms with E-state index in [2.05, 4.69) is 18.7 Å². The zero-order chi connectivity index (χ0) is 12.1. The highest BCUT2D eigenvalue weighted by Gasteiger charge is 2.26. The molecule has 1 heterocycles. The SMILES string of the molecule is CC(C)CN1CCC(C(=O)OC(C)C)CC1. The lowest BCUT2D eigenvalue weighted by Crippen LogP contribution is -2.39. The largest absolute Gasteiger partial charge is 0.463 e. The van der Waals surface area contributed by atoms with Gasteiger partial charge in [-0.2, -0.15) is 0 Å². The lowest BCUT2D eigenvalue weighted by molar-refractivity contribution is -0.154. The van der Waals surface area contributed by atoms with Crippen LogP contribution in [-0.2, 0) is 9.53 Å². The Kier molecular flexibility index (Phi) is 5.26. The minimum atomic E-state index is -0.000744. The quantitative estimate of drug-likeness (QED) is 0.690. The van der Waals surface area contributed by atoms with Gasteiger partial charge in [0, 0.05) is 6.54 Å². The number of likely N-dealkylation sites (tertiary alicyclic amines) is 1. The first kappa shape index (κ1) is 13.5. The first-order valence-corrected chi connectivity index (χ1v) is 6.42. The molecule has 3 nitrogen and oxygen atoms in total. The zero-order valence-electron chi connectivity index (χ0n) is 11.0. The average Bonchev–Trinajstić information content (AvgIpc) is 2.16. The molecule has 0 aromatic carbocycles. The molecular weight excluding hydrogens is 202 g/mol. The third kappa shape index (κ3) is 4.52. The Hall–Kier alpha value is -0.570. The maximum atomic E-state index is 11.7. The molecule has 0 radical (unpaired) electrons. The third-order valence-corrected chi connectivity index (χ3v) is 2.90. The van der Waals surface area contributed by atoms with Crippen LogP contribution in [0.5, 0.6) is 0 Å². The lowest BCUT2D eigenvalue weighted by atomic mass is 9.96. The van der Waals surface area contributed by atoms with E-state index in [0.29, 0.717) is 5.92 Å². The van der Waals surface area contributed by atoms with Crippen molar-refractivity contribution in [2.45, 2.75) is 46.6 Å². The van der Waals surface area contributed by atoms with Gasteiger partial charge in [-0.25, -0.2) is 0 Å². The van der Waals surface area contributed by atoms with Crippen molar-refractivity contribution in [1.82, 2.24) is 4.90 Å². The van der Waals surface area contributed by atoms with E-state index in [1.807, 2.05) is 13.8 Å². The van der Waals surface area contributed by atoms with Crippen molar-refractivity contribution >= 4 is 5.97 Å². The normalized spacial score (nSPS) is 19.4. The number of piperidine rings is 1. The number of nitrogens with zero attached hydrogens (tertiary/aromatic N) is 1. The van der Waals surface area contributed by atoms with Crippen molar-refractivity contribution in [2.75, 3.05) is 19.6 Å². The van der Waals surface area contributed by atoms with Gasteiger partial charge in [0.1, 0.15) is 0 Å². The number of rotatable bonds is 4. The molecule has 0 atom stereocenters. The highest BCUT2D eigenvalue weighted by atomic mass is 16.5. The van der Waals surface area contributed by atoms with Crippen molar-refractivity contribution in [3.63, 3.8) is 0 Å². The van der Waals surface area contributed by atoms with E-state index in [-0.39, 0.29) is 18.0 Å². The first-order valence-electron chi connectivity index (χ1n) is 6.42. The van der Waals surface area contributed by atoms with Crippen LogP contribution >= 0.6 is 0 Å². The first-order chi connectivity index (χ1) is 7.49. The lowest BCUT2D eigenvalue weighted by Gasteiger charge is -2.32. The standard InChI is InChI=1S/C13H25NO2/c1-10(2)9-14-7-5-12(6-8-14)13(15)16-11(3)4/h10-12H,5-9H2,1-4H3. The van der Waals surface area contributed by atoms with Gasteiger partial charge in [0.2, 0.25) is 0 Å². The van der Waals surface area contributed by atoms with Crippen LogP contribution < -0.4 is 0 Å². The van der Waals surface area contributed by atoms with E-state index in [0.717, 1.165) is 32.5 Å². The van der Waals surface area contributed by atoms with Gasteiger partial charge in [-0.1, -0.05) is 13.8 Å². The fourth-order valence-corrected chi connectivity index (χ4v) is 2.20. The summed E-state index contributed by atoms with van der Waals surface area (Å²) in [4.78, 5) is 14.1. The van der Waals surface area contributed by atoms with Gasteiger partial charge in [0.15, 0.2) is 0 Å². The summed E-state index contributed by atoms with van der Waals surface area (Å²) in [7, 11) is 0. The van der Waals surface area contributed by atoms with Crippen molar-refractivity contribution in [1.29, 1.82) is 0 Å². The molecule has 0 aromatic rings. The fraction of sp³-hybridized carbons (Fsp3) is 0.923. The van der Waals surface area contributed by atoms with Gasteiger partial charge >= 0.3 is 5.97 Å². The van der Waals surface area contributed by atoms with E-state index < -0.39 is 0 Å². The minimum Gasteiger partial charge on any atom is -0.463 e. The molecule has 1 aliphatic heterocycles. The summed E-state index contributed by atoms with van der Waals surface area (Å²) < 4.78 is 5.25. The average molecular weight is 227 g/mol. The molecule has 1 saturated heterocycles. The molecule has 0 bridgehead atoms. The van der Waals surface area contributed by atoms with Crippen LogP contribution in [-0.4, -0.2) is 36.6 Å². The van der Waals surface area contributed by atoms with Crippen LogP contribution in [0.1, 0.15) is 40.5 Å². The zero-order valence-corrected chi connectivity index (χ0v) is 11.0. The van der Waals surface area contributed by atoms with E-state index in [9.17, 15) is 4.79 Å². The predicted molar refractivity (Wildman–Crippen MR) is 65.2 cm³/mol. The molecule has 1 rings (SSSR count). The minimum absolute atomic E-state index is 0.000744. The van der Waals surface area contributed by atoms with Crippen LogP contribution in [0.3, 0.4) is 0 Å². The molecule has 16 heavy (non-hydrogen) atoms. The van der Waals surface area contributed by atoms with Gasteiger partial charge in [0.05, 0.1) is 12.0 Å². The maximum absolute atomic E-state index is 11.7. The second kappa shape index (κ2) is 6.24. The third-order valence-electron chi connectivity index (χ3n) is 2.90. The molecule has 0 spiro atoms. The summed E-state index contributed by atoms with van der Waals surface area (Å²) >= 11 is 0. The Morgan fingerprint density at radius 1 is 1.25 bits per heavy atom. The van der Waals surface area contributed by atoms with E-state index in [4.69, 9.17) is 4.74 Å². The Bertz CT molecular complexity index is 218. The fourth-order valence-electron chi connectivity index (χ4n) is 2.20. The van der Waals surface area contributed by atoms with Gasteiger partial charge in [-0.3, -0.25) is 4.79 Å². The number of hydrogen-bond acceptors (Lipinski definition) is 3. The highest BCUT2D eigenvalue weighted by molar-refractivity contribution is 5.72. The van der Waals surface area contributed by atoms with E-state index in [1.54, 1.807) is 0 Å². The molecule has 0 N–H and O–H groups in total. The Labute approximate surface area is 99.1 Å². The Morgan fingerprint density at radius 3 is 2.25 bits per heavy atom. The van der Waals surface area contributed by atoms with Crippen molar-refractivity contribution in [3.05, 3.63) is 0 Å². The number of carbonyl (C=O) groups is 1. The number of esters is 1. The molecule has 0 amide bonds. The molecule has 94 valence electrons. The van der Waals surface area contributed by atoms with Gasteiger partial charge in [-0.05, 0) is 45.7 Å². The van der Waals surface area contributed by atoms with E-state index >= 15 is 0 Å². The molecule has 0 unspecified atom stereocenters. The molecule has 3 heteroatoms. The monoisotopic (exact) mass is 227 g/mol. The van der Waals surface area contributed by atoms with Gasteiger partial charge < -0.3 is 9.64 Å². The van der Waals surface area contributed by atoms with Crippen molar-refractivity contribution in [3.8, 4) is 0 Å². The summed E-state index contributed by atoms with van der Waals surface area (Å²) in [6.45, 7) is 11.5. The topological polar surface area (TPSA) is 29.5 Å². The molecule has 0 aromatic heterocycles. The summed E-state index contributed by atoms with van der Waals surface area (Å²) in [6.07, 6.45) is 1.93. The number of hydrogen-bond donors (Lipinski definition) is 0. The molecule has 1 fully saturated rings. The summed E-state index contributed by atoms with van der Waals surface area (Å²) in [5.41, 5.74) is 0. The Balaban J connectivity index is 2.28. The maximum Gasteiger partial charge on any atom is 0.309 e. The molecule has 0 aliphatic carbocycles. The molecule has 0 saturated carbocycles. The number of ether oxygens (including phenoxy) is 1. The smallest absolute Gasteiger partial charge is 0.309 e. The summed E-state index contributed by atoms with van der Waals surface area (Å²) in [5, 5.41) is 0. The molecule has 1 aliphatic rings. The van der Waals surface area contributed by atoms with Crippen LogP contribution in [0.15, 0.2) is 0 Å². The second-order valence-corrected chi connectivity index (χ2v) is 5.45. The summed E-state index contributed by atoms with van der Waals surface area (Å²) in [5.74, 6) is 0.837. The van der Waals surface area contributed by atoms with Crippen LogP contribution in [0, 0.1) is 11.8 Å².